The molecule has 1 rings (SSSR count). The van der Waals surface area contributed by atoms with Crippen LogP contribution in [0.4, 0.5) is 0 Å². The lowest BCUT2D eigenvalue weighted by Gasteiger charge is -2.31. The zero-order valence-electron chi connectivity index (χ0n) is 12.2. The van der Waals surface area contributed by atoms with Crippen LogP contribution in [0.25, 0.3) is 0 Å². The fraction of sp³-hybridized carbons (Fsp3) is 0.923. The minimum Gasteiger partial charge on any atom is -0.624 e. The Kier molecular flexibility index (Phi) is 4.75. The molecule has 1 aliphatic rings. The van der Waals surface area contributed by atoms with Gasteiger partial charge in [-0.1, -0.05) is 0 Å². The van der Waals surface area contributed by atoms with E-state index in [0.29, 0.717) is 6.61 Å². The average Bonchev–Trinajstić information content (AvgIpc) is 2.41. The van der Waals surface area contributed by atoms with Crippen molar-refractivity contribution in [2.75, 3.05) is 20.5 Å². The molecule has 0 saturated heterocycles. The van der Waals surface area contributed by atoms with Crippen LogP contribution in [0, 0.1) is 16.5 Å². The molecule has 0 aliphatic carbocycles. The number of nitrogens with zero attached hydrogens (tertiary/aromatic N) is 1. The van der Waals surface area contributed by atoms with Crippen LogP contribution in [0.5, 0.6) is 0 Å². The van der Waals surface area contributed by atoms with Crippen molar-refractivity contribution < 1.29 is 18.9 Å². The van der Waals surface area contributed by atoms with E-state index >= 15 is 0 Å². The molecule has 106 valence electrons. The van der Waals surface area contributed by atoms with Gasteiger partial charge in [0.05, 0.1) is 17.9 Å². The number of hydrogen-bond donors (Lipinski definition) is 0. The molecule has 0 saturated carbocycles. The van der Waals surface area contributed by atoms with Gasteiger partial charge in [0.1, 0.15) is 6.79 Å². The fourth-order valence-electron chi connectivity index (χ4n) is 2.42. The Morgan fingerprint density at radius 3 is 2.39 bits per heavy atom. The molecule has 2 atom stereocenters. The summed E-state index contributed by atoms with van der Waals surface area (Å²) in [6.07, 6.45) is 1.46. The highest BCUT2D eigenvalue weighted by Gasteiger charge is 2.52. The standard InChI is InChI=1S/C13H25NO4/c1-10(16-6)18-9-17-7-11-12(2,3)8-14(15)13(11,4)5/h8,10-11H,7,9H2,1-6H3. The van der Waals surface area contributed by atoms with Gasteiger partial charge in [0.25, 0.3) is 0 Å². The molecule has 0 aromatic carbocycles. The summed E-state index contributed by atoms with van der Waals surface area (Å²) in [5.41, 5.74) is -0.617. The van der Waals surface area contributed by atoms with Crippen molar-refractivity contribution in [3.8, 4) is 0 Å². The summed E-state index contributed by atoms with van der Waals surface area (Å²) in [4.78, 5) is 0. The summed E-state index contributed by atoms with van der Waals surface area (Å²) < 4.78 is 16.8. The Bertz CT molecular complexity index is 312. The Morgan fingerprint density at radius 1 is 1.33 bits per heavy atom. The van der Waals surface area contributed by atoms with Crippen molar-refractivity contribution in [2.24, 2.45) is 11.3 Å². The summed E-state index contributed by atoms with van der Waals surface area (Å²) in [5, 5.41) is 11.9. The van der Waals surface area contributed by atoms with Gasteiger partial charge >= 0.3 is 0 Å². The van der Waals surface area contributed by atoms with Gasteiger partial charge in [-0.15, -0.1) is 0 Å². The van der Waals surface area contributed by atoms with Crippen molar-refractivity contribution in [3.05, 3.63) is 5.21 Å². The van der Waals surface area contributed by atoms with Crippen LogP contribution in [0.1, 0.15) is 34.6 Å². The molecule has 0 N–H and O–H groups in total. The van der Waals surface area contributed by atoms with E-state index < -0.39 is 5.54 Å². The van der Waals surface area contributed by atoms with E-state index in [0.717, 1.165) is 4.74 Å². The van der Waals surface area contributed by atoms with Crippen molar-refractivity contribution in [3.63, 3.8) is 0 Å². The molecule has 0 bridgehead atoms. The molecule has 5 nitrogen and oxygen atoms in total. The van der Waals surface area contributed by atoms with E-state index in [-0.39, 0.29) is 24.4 Å². The molecular formula is C13H25NO4. The Labute approximate surface area is 109 Å². The number of ether oxygens (including phenoxy) is 3. The van der Waals surface area contributed by atoms with Crippen LogP contribution in [0.3, 0.4) is 0 Å². The smallest absolute Gasteiger partial charge is 0.173 e. The predicted octanol–water partition coefficient (Wildman–Crippen LogP) is 1.99. The molecular weight excluding hydrogens is 234 g/mol. The number of hydroxylamine groups is 1. The molecule has 18 heavy (non-hydrogen) atoms. The highest BCUT2D eigenvalue weighted by Crippen LogP contribution is 2.40. The fourth-order valence-corrected chi connectivity index (χ4v) is 2.42. The summed E-state index contributed by atoms with van der Waals surface area (Å²) in [5.74, 6) is 0.129. The molecule has 1 heterocycles. The van der Waals surface area contributed by atoms with Crippen LogP contribution >= 0.6 is 0 Å². The van der Waals surface area contributed by atoms with Gasteiger partial charge in [-0.3, -0.25) is 0 Å². The van der Waals surface area contributed by atoms with Gasteiger partial charge in [0.15, 0.2) is 18.0 Å². The SMILES string of the molecule is COC(C)OCOCC1C(C)(C)C=[N+]([O-])C1(C)C. The van der Waals surface area contributed by atoms with Crippen LogP contribution < -0.4 is 0 Å². The van der Waals surface area contributed by atoms with E-state index in [1.54, 1.807) is 20.2 Å². The van der Waals surface area contributed by atoms with Crippen molar-refractivity contribution >= 4 is 6.21 Å². The average molecular weight is 259 g/mol. The van der Waals surface area contributed by atoms with Gasteiger partial charge in [0, 0.05) is 21.0 Å². The first-order chi connectivity index (χ1) is 8.21. The van der Waals surface area contributed by atoms with Gasteiger partial charge in [-0.05, 0) is 20.8 Å². The first kappa shape index (κ1) is 15.4. The Morgan fingerprint density at radius 2 is 1.94 bits per heavy atom. The third-order valence-electron chi connectivity index (χ3n) is 3.77. The molecule has 0 aromatic heterocycles. The van der Waals surface area contributed by atoms with E-state index in [1.165, 1.54) is 0 Å². The summed E-state index contributed by atoms with van der Waals surface area (Å²) in [6.45, 7) is 10.5. The number of rotatable bonds is 6. The molecule has 2 unspecified atom stereocenters. The first-order valence-electron chi connectivity index (χ1n) is 6.26. The van der Waals surface area contributed by atoms with Crippen molar-refractivity contribution in [1.29, 1.82) is 0 Å². The largest absolute Gasteiger partial charge is 0.624 e. The molecule has 1 aliphatic heterocycles. The molecule has 5 heteroatoms. The molecule has 0 spiro atoms. The van der Waals surface area contributed by atoms with Gasteiger partial charge in [-0.25, -0.2) is 4.74 Å². The monoisotopic (exact) mass is 259 g/mol. The molecule has 0 aromatic rings. The van der Waals surface area contributed by atoms with Crippen LogP contribution in [0.15, 0.2) is 0 Å². The third-order valence-corrected chi connectivity index (χ3v) is 3.77. The van der Waals surface area contributed by atoms with Gasteiger partial charge in [0.2, 0.25) is 0 Å². The lowest BCUT2D eigenvalue weighted by Crippen LogP contribution is -2.42. The summed E-state index contributed by atoms with van der Waals surface area (Å²) in [7, 11) is 1.58. The number of methoxy groups -OCH3 is 1. The van der Waals surface area contributed by atoms with Crippen LogP contribution in [-0.2, 0) is 14.2 Å². The maximum Gasteiger partial charge on any atom is 0.173 e. The minimum atomic E-state index is -0.448. The van der Waals surface area contributed by atoms with E-state index in [4.69, 9.17) is 14.2 Å². The third kappa shape index (κ3) is 3.22. The molecule has 0 fully saturated rings. The van der Waals surface area contributed by atoms with E-state index in [1.807, 2.05) is 13.8 Å². The second-order valence-electron chi connectivity index (χ2n) is 5.94. The lowest BCUT2D eigenvalue weighted by molar-refractivity contribution is -0.537. The summed E-state index contributed by atoms with van der Waals surface area (Å²) >= 11 is 0. The zero-order chi connectivity index (χ0) is 14.0. The second kappa shape index (κ2) is 5.55. The maximum absolute atomic E-state index is 11.9. The van der Waals surface area contributed by atoms with Crippen LogP contribution in [-0.4, -0.2) is 43.3 Å². The second-order valence-corrected chi connectivity index (χ2v) is 5.94. The minimum absolute atomic E-state index is 0.129. The van der Waals surface area contributed by atoms with Crippen LogP contribution in [0.2, 0.25) is 0 Å². The molecule has 0 radical (unpaired) electrons. The quantitative estimate of drug-likeness (QED) is 0.317. The van der Waals surface area contributed by atoms with Gasteiger partial charge < -0.3 is 19.4 Å². The van der Waals surface area contributed by atoms with E-state index in [2.05, 4.69) is 13.8 Å². The Balaban J connectivity index is 2.47. The van der Waals surface area contributed by atoms with Crippen molar-refractivity contribution in [2.45, 2.75) is 46.4 Å². The normalized spacial score (nSPS) is 27.0. The predicted molar refractivity (Wildman–Crippen MR) is 69.4 cm³/mol. The lowest BCUT2D eigenvalue weighted by atomic mass is 9.73. The van der Waals surface area contributed by atoms with Crippen molar-refractivity contribution in [1.82, 2.24) is 0 Å². The maximum atomic E-state index is 11.9. The number of hydrogen-bond acceptors (Lipinski definition) is 4. The summed E-state index contributed by atoms with van der Waals surface area (Å²) in [6, 6.07) is 0. The zero-order valence-corrected chi connectivity index (χ0v) is 12.2. The van der Waals surface area contributed by atoms with E-state index in [9.17, 15) is 5.21 Å². The topological polar surface area (TPSA) is 53.8 Å². The highest BCUT2D eigenvalue weighted by atomic mass is 16.7. The Hall–Kier alpha value is -0.650. The molecule has 0 amide bonds. The highest BCUT2D eigenvalue weighted by molar-refractivity contribution is 5.63. The van der Waals surface area contributed by atoms with Gasteiger partial charge in [-0.2, -0.15) is 0 Å². The first-order valence-corrected chi connectivity index (χ1v) is 6.26.